The van der Waals surface area contributed by atoms with Crippen LogP contribution >= 0.6 is 23.1 Å². The number of aryl methyl sites for hydroxylation is 2. The number of nitrogens with one attached hydrogen (secondary N) is 2. The first kappa shape index (κ1) is 21.1. The Labute approximate surface area is 176 Å². The first-order valence-electron chi connectivity index (χ1n) is 9.02. The topological polar surface area (TPSA) is 93.1 Å². The van der Waals surface area contributed by atoms with E-state index in [0.717, 1.165) is 16.8 Å². The number of para-hydroxylation sites is 1. The highest BCUT2D eigenvalue weighted by Gasteiger charge is 2.19. The Balaban J connectivity index is 1.60. The molecule has 0 aliphatic carbocycles. The van der Waals surface area contributed by atoms with Gasteiger partial charge >= 0.3 is 0 Å². The van der Waals surface area contributed by atoms with Gasteiger partial charge < -0.3 is 10.6 Å². The van der Waals surface area contributed by atoms with Gasteiger partial charge in [0.1, 0.15) is 4.70 Å². The molecule has 2 amide bonds. The zero-order valence-electron chi connectivity index (χ0n) is 16.6. The Bertz CT molecular complexity index is 1120. The summed E-state index contributed by atoms with van der Waals surface area (Å²) in [7, 11) is 1.64. The fourth-order valence-electron chi connectivity index (χ4n) is 2.79. The van der Waals surface area contributed by atoms with E-state index >= 15 is 0 Å². The largest absolute Gasteiger partial charge is 0.346 e. The molecule has 9 heteroatoms. The van der Waals surface area contributed by atoms with Gasteiger partial charge in [0.25, 0.3) is 5.56 Å². The van der Waals surface area contributed by atoms with Crippen molar-refractivity contribution in [3.05, 3.63) is 51.1 Å². The maximum absolute atomic E-state index is 12.4. The van der Waals surface area contributed by atoms with Crippen LogP contribution in [-0.4, -0.2) is 33.2 Å². The number of benzene rings is 1. The normalized spacial score (nSPS) is 12.0. The summed E-state index contributed by atoms with van der Waals surface area (Å²) in [6.45, 7) is 5.42. The van der Waals surface area contributed by atoms with Gasteiger partial charge in [-0.15, -0.1) is 11.3 Å². The Kier molecular flexibility index (Phi) is 6.39. The number of nitrogens with zero attached hydrogens (tertiary/aromatic N) is 2. The molecule has 1 unspecified atom stereocenters. The highest BCUT2D eigenvalue weighted by molar-refractivity contribution is 8.00. The van der Waals surface area contributed by atoms with E-state index in [0.29, 0.717) is 15.4 Å². The molecule has 0 bridgehead atoms. The molecule has 0 saturated carbocycles. The summed E-state index contributed by atoms with van der Waals surface area (Å²) in [6.07, 6.45) is 0. The molecule has 0 fully saturated rings. The number of rotatable bonds is 6. The van der Waals surface area contributed by atoms with Crippen molar-refractivity contribution in [2.75, 3.05) is 11.9 Å². The third-order valence-electron chi connectivity index (χ3n) is 4.47. The van der Waals surface area contributed by atoms with Gasteiger partial charge in [0, 0.05) is 12.7 Å². The van der Waals surface area contributed by atoms with Crippen LogP contribution in [0.15, 0.2) is 39.6 Å². The maximum Gasteiger partial charge on any atom is 0.271 e. The standard InChI is InChI=1S/C20H22N4O3S2/c1-11-6-5-7-12(2)16(11)23-15(25)10-21-18(26)13(3)29-20-22-14-8-9-28-17(14)19(27)24(20)4/h5-9,13H,10H2,1-4H3,(H,21,26)(H,23,25). The van der Waals surface area contributed by atoms with Crippen LogP contribution in [0.3, 0.4) is 0 Å². The van der Waals surface area contributed by atoms with E-state index in [1.807, 2.05) is 37.4 Å². The number of hydrogen-bond acceptors (Lipinski definition) is 6. The SMILES string of the molecule is Cc1cccc(C)c1NC(=O)CNC(=O)C(C)Sc1nc2ccsc2c(=O)n1C. The molecule has 2 aromatic heterocycles. The number of amides is 2. The highest BCUT2D eigenvalue weighted by atomic mass is 32.2. The number of anilines is 1. The quantitative estimate of drug-likeness (QED) is 0.463. The molecular formula is C20H22N4O3S2. The number of thiophene rings is 1. The second kappa shape index (κ2) is 8.79. The summed E-state index contributed by atoms with van der Waals surface area (Å²) in [5.74, 6) is -0.593. The number of carbonyl (C=O) groups excluding carboxylic acids is 2. The van der Waals surface area contributed by atoms with Crippen molar-refractivity contribution in [3.8, 4) is 0 Å². The minimum Gasteiger partial charge on any atom is -0.346 e. The highest BCUT2D eigenvalue weighted by Crippen LogP contribution is 2.23. The zero-order valence-corrected chi connectivity index (χ0v) is 18.2. The Morgan fingerprint density at radius 2 is 1.93 bits per heavy atom. The van der Waals surface area contributed by atoms with Gasteiger partial charge in [-0.25, -0.2) is 4.98 Å². The summed E-state index contributed by atoms with van der Waals surface area (Å²) < 4.78 is 2.04. The van der Waals surface area contributed by atoms with Crippen molar-refractivity contribution in [2.24, 2.45) is 7.05 Å². The van der Waals surface area contributed by atoms with Gasteiger partial charge in [0.2, 0.25) is 11.8 Å². The molecule has 3 rings (SSSR count). The van der Waals surface area contributed by atoms with Crippen molar-refractivity contribution in [1.29, 1.82) is 0 Å². The van der Waals surface area contributed by atoms with Crippen LogP contribution in [0.1, 0.15) is 18.1 Å². The Hall–Kier alpha value is -2.65. The molecule has 1 atom stereocenters. The number of thioether (sulfide) groups is 1. The molecule has 152 valence electrons. The lowest BCUT2D eigenvalue weighted by Gasteiger charge is -2.14. The lowest BCUT2D eigenvalue weighted by molar-refractivity contribution is -0.123. The second-order valence-corrected chi connectivity index (χ2v) is 8.91. The fourth-order valence-corrected chi connectivity index (χ4v) is 4.50. The van der Waals surface area contributed by atoms with E-state index in [1.54, 1.807) is 20.0 Å². The minimum atomic E-state index is -0.516. The summed E-state index contributed by atoms with van der Waals surface area (Å²) in [5, 5.41) is 7.25. The second-order valence-electron chi connectivity index (χ2n) is 6.69. The van der Waals surface area contributed by atoms with Crippen LogP contribution in [0.2, 0.25) is 0 Å². The monoisotopic (exact) mass is 430 g/mol. The number of hydrogen-bond donors (Lipinski definition) is 2. The van der Waals surface area contributed by atoms with Crippen LogP contribution in [0.25, 0.3) is 10.2 Å². The number of fused-ring (bicyclic) bond motifs is 1. The third kappa shape index (κ3) is 4.68. The third-order valence-corrected chi connectivity index (χ3v) is 6.50. The van der Waals surface area contributed by atoms with Crippen molar-refractivity contribution < 1.29 is 9.59 Å². The Morgan fingerprint density at radius 3 is 2.62 bits per heavy atom. The van der Waals surface area contributed by atoms with Crippen LogP contribution in [-0.2, 0) is 16.6 Å². The average Bonchev–Trinajstić information content (AvgIpc) is 3.15. The summed E-state index contributed by atoms with van der Waals surface area (Å²) in [5.41, 5.74) is 3.18. The summed E-state index contributed by atoms with van der Waals surface area (Å²) >= 11 is 2.53. The van der Waals surface area contributed by atoms with E-state index in [1.165, 1.54) is 27.7 Å². The van der Waals surface area contributed by atoms with Crippen molar-refractivity contribution in [1.82, 2.24) is 14.9 Å². The van der Waals surface area contributed by atoms with Crippen LogP contribution in [0.4, 0.5) is 5.69 Å². The van der Waals surface area contributed by atoms with Gasteiger partial charge in [0.15, 0.2) is 5.16 Å². The fraction of sp³-hybridized carbons (Fsp3) is 0.300. The molecular weight excluding hydrogens is 408 g/mol. The molecule has 0 aliphatic rings. The van der Waals surface area contributed by atoms with E-state index in [-0.39, 0.29) is 23.9 Å². The molecule has 2 heterocycles. The van der Waals surface area contributed by atoms with Crippen molar-refractivity contribution in [2.45, 2.75) is 31.2 Å². The lowest BCUT2D eigenvalue weighted by atomic mass is 10.1. The van der Waals surface area contributed by atoms with E-state index in [2.05, 4.69) is 15.6 Å². The number of carbonyl (C=O) groups is 2. The first-order valence-corrected chi connectivity index (χ1v) is 10.8. The molecule has 0 aliphatic heterocycles. The molecule has 0 spiro atoms. The molecule has 1 aromatic carbocycles. The number of aromatic nitrogens is 2. The Morgan fingerprint density at radius 1 is 1.24 bits per heavy atom. The van der Waals surface area contributed by atoms with Crippen LogP contribution < -0.4 is 16.2 Å². The summed E-state index contributed by atoms with van der Waals surface area (Å²) in [4.78, 5) is 41.5. The first-order chi connectivity index (χ1) is 13.8. The predicted molar refractivity (Wildman–Crippen MR) is 118 cm³/mol. The molecule has 3 aromatic rings. The van der Waals surface area contributed by atoms with Crippen LogP contribution in [0, 0.1) is 13.8 Å². The molecule has 29 heavy (non-hydrogen) atoms. The van der Waals surface area contributed by atoms with Gasteiger partial charge in [-0.3, -0.25) is 19.0 Å². The van der Waals surface area contributed by atoms with E-state index in [9.17, 15) is 14.4 Å². The molecule has 2 N–H and O–H groups in total. The molecule has 0 saturated heterocycles. The van der Waals surface area contributed by atoms with Crippen molar-refractivity contribution >= 4 is 50.8 Å². The average molecular weight is 431 g/mol. The van der Waals surface area contributed by atoms with Gasteiger partial charge in [-0.1, -0.05) is 30.0 Å². The van der Waals surface area contributed by atoms with E-state index in [4.69, 9.17) is 0 Å². The smallest absolute Gasteiger partial charge is 0.271 e. The lowest BCUT2D eigenvalue weighted by Crippen LogP contribution is -2.37. The van der Waals surface area contributed by atoms with Gasteiger partial charge in [-0.05, 0) is 43.3 Å². The zero-order chi connectivity index (χ0) is 21.1. The van der Waals surface area contributed by atoms with Gasteiger partial charge in [-0.2, -0.15) is 0 Å². The predicted octanol–water partition coefficient (Wildman–Crippen LogP) is 2.85. The summed E-state index contributed by atoms with van der Waals surface area (Å²) in [6, 6.07) is 7.55. The van der Waals surface area contributed by atoms with Gasteiger partial charge in [0.05, 0.1) is 17.3 Å². The van der Waals surface area contributed by atoms with E-state index < -0.39 is 5.25 Å². The molecule has 7 nitrogen and oxygen atoms in total. The van der Waals surface area contributed by atoms with Crippen LogP contribution in [0.5, 0.6) is 0 Å². The van der Waals surface area contributed by atoms with Crippen molar-refractivity contribution in [3.63, 3.8) is 0 Å². The minimum absolute atomic E-state index is 0.131. The maximum atomic E-state index is 12.4. The molecule has 0 radical (unpaired) electrons.